The predicted molar refractivity (Wildman–Crippen MR) is 80.1 cm³/mol. The highest BCUT2D eigenvalue weighted by Crippen LogP contribution is 2.47. The molecule has 1 saturated carbocycles. The van der Waals surface area contributed by atoms with Crippen LogP contribution in [0.4, 0.5) is 0 Å². The van der Waals surface area contributed by atoms with Crippen LogP contribution in [0.25, 0.3) is 0 Å². The Morgan fingerprint density at radius 1 is 1.37 bits per heavy atom. The van der Waals surface area contributed by atoms with E-state index in [9.17, 15) is 5.11 Å². The van der Waals surface area contributed by atoms with Crippen molar-refractivity contribution >= 4 is 0 Å². The molecule has 1 aromatic rings. The fourth-order valence-electron chi connectivity index (χ4n) is 3.72. The summed E-state index contributed by atoms with van der Waals surface area (Å²) in [6.45, 7) is 7.17. The van der Waals surface area contributed by atoms with Gasteiger partial charge in [0.15, 0.2) is 0 Å². The number of nitrogens with two attached hydrogens (primary N) is 1. The Labute approximate surface area is 117 Å². The molecule has 106 valence electrons. The molecule has 0 radical (unpaired) electrons. The van der Waals surface area contributed by atoms with Crippen LogP contribution in [-0.4, -0.2) is 17.8 Å². The number of aliphatic hydroxyl groups excluding tert-OH is 1. The number of benzene rings is 1. The third-order valence-corrected chi connectivity index (χ3v) is 5.01. The van der Waals surface area contributed by atoms with Crippen LogP contribution in [-0.2, 0) is 0 Å². The highest BCUT2D eigenvalue weighted by atomic mass is 16.3. The second kappa shape index (κ2) is 5.64. The number of rotatable bonds is 4. The van der Waals surface area contributed by atoms with E-state index in [-0.39, 0.29) is 17.4 Å². The molecule has 1 aliphatic carbocycles. The lowest BCUT2D eigenvalue weighted by Crippen LogP contribution is -2.37. The van der Waals surface area contributed by atoms with Gasteiger partial charge in [-0.15, -0.1) is 0 Å². The minimum Gasteiger partial charge on any atom is -0.392 e. The van der Waals surface area contributed by atoms with Gasteiger partial charge >= 0.3 is 0 Å². The summed E-state index contributed by atoms with van der Waals surface area (Å²) in [4.78, 5) is 0. The summed E-state index contributed by atoms with van der Waals surface area (Å²) < 4.78 is 0. The molecule has 3 atom stereocenters. The van der Waals surface area contributed by atoms with Gasteiger partial charge in [-0.25, -0.2) is 0 Å². The van der Waals surface area contributed by atoms with E-state index in [2.05, 4.69) is 32.9 Å². The molecule has 0 amide bonds. The monoisotopic (exact) mass is 261 g/mol. The van der Waals surface area contributed by atoms with Gasteiger partial charge in [-0.1, -0.05) is 44.5 Å². The average Bonchev–Trinajstić information content (AvgIpc) is 2.72. The SMILES string of the molecule is Cc1ccccc1C(CN)C(O)C1CCCC1(C)C. The normalized spacial score (nSPS) is 25.2. The van der Waals surface area contributed by atoms with Gasteiger partial charge in [-0.3, -0.25) is 0 Å². The van der Waals surface area contributed by atoms with E-state index in [4.69, 9.17) is 5.73 Å². The maximum atomic E-state index is 10.8. The molecule has 1 fully saturated rings. The van der Waals surface area contributed by atoms with Crippen LogP contribution in [0.5, 0.6) is 0 Å². The van der Waals surface area contributed by atoms with Gasteiger partial charge in [0.1, 0.15) is 0 Å². The van der Waals surface area contributed by atoms with Crippen LogP contribution < -0.4 is 5.73 Å². The van der Waals surface area contributed by atoms with Crippen molar-refractivity contribution in [2.24, 2.45) is 17.1 Å². The highest BCUT2D eigenvalue weighted by Gasteiger charge is 2.41. The Hall–Kier alpha value is -0.860. The zero-order chi connectivity index (χ0) is 14.0. The minimum absolute atomic E-state index is 0.0589. The Balaban J connectivity index is 2.25. The van der Waals surface area contributed by atoms with Gasteiger partial charge in [-0.2, -0.15) is 0 Å². The summed E-state index contributed by atoms with van der Waals surface area (Å²) in [5.41, 5.74) is 8.64. The van der Waals surface area contributed by atoms with Crippen molar-refractivity contribution < 1.29 is 5.11 Å². The van der Waals surface area contributed by atoms with Gasteiger partial charge in [0.25, 0.3) is 0 Å². The summed E-state index contributed by atoms with van der Waals surface area (Å²) in [6, 6.07) is 8.29. The van der Waals surface area contributed by atoms with Gasteiger partial charge in [-0.05, 0) is 42.2 Å². The van der Waals surface area contributed by atoms with Crippen LogP contribution in [0.3, 0.4) is 0 Å². The lowest BCUT2D eigenvalue weighted by atomic mass is 9.73. The summed E-state index contributed by atoms with van der Waals surface area (Å²) in [5, 5.41) is 10.8. The van der Waals surface area contributed by atoms with Crippen molar-refractivity contribution in [1.82, 2.24) is 0 Å². The maximum absolute atomic E-state index is 10.8. The molecule has 2 heteroatoms. The van der Waals surface area contributed by atoms with E-state index in [0.29, 0.717) is 12.5 Å². The Morgan fingerprint density at radius 3 is 2.58 bits per heavy atom. The zero-order valence-electron chi connectivity index (χ0n) is 12.4. The van der Waals surface area contributed by atoms with E-state index in [0.717, 1.165) is 6.42 Å². The first-order chi connectivity index (χ1) is 8.97. The first-order valence-corrected chi connectivity index (χ1v) is 7.41. The average molecular weight is 261 g/mol. The molecule has 0 spiro atoms. The van der Waals surface area contributed by atoms with E-state index < -0.39 is 0 Å². The molecule has 0 bridgehead atoms. The second-order valence-corrected chi connectivity index (χ2v) is 6.68. The zero-order valence-corrected chi connectivity index (χ0v) is 12.4. The summed E-state index contributed by atoms with van der Waals surface area (Å²) in [7, 11) is 0. The Bertz CT molecular complexity index is 427. The van der Waals surface area contributed by atoms with Crippen molar-refractivity contribution in [3.8, 4) is 0 Å². The second-order valence-electron chi connectivity index (χ2n) is 6.68. The fraction of sp³-hybridized carbons (Fsp3) is 0.647. The molecule has 3 unspecified atom stereocenters. The predicted octanol–water partition coefficient (Wildman–Crippen LogP) is 3.22. The van der Waals surface area contributed by atoms with Crippen molar-refractivity contribution in [1.29, 1.82) is 0 Å². The van der Waals surface area contributed by atoms with Crippen molar-refractivity contribution in [2.45, 2.75) is 52.1 Å². The number of hydrogen-bond acceptors (Lipinski definition) is 2. The lowest BCUT2D eigenvalue weighted by molar-refractivity contribution is 0.0344. The van der Waals surface area contributed by atoms with Crippen LogP contribution in [0.2, 0.25) is 0 Å². The van der Waals surface area contributed by atoms with E-state index in [1.807, 2.05) is 12.1 Å². The molecule has 0 heterocycles. The number of aliphatic hydroxyl groups is 1. The molecule has 1 aromatic carbocycles. The van der Waals surface area contributed by atoms with E-state index >= 15 is 0 Å². The van der Waals surface area contributed by atoms with Crippen LogP contribution in [0.15, 0.2) is 24.3 Å². The summed E-state index contributed by atoms with van der Waals surface area (Å²) >= 11 is 0. The smallest absolute Gasteiger partial charge is 0.0654 e. The standard InChI is InChI=1S/C17H27NO/c1-12-7-4-5-8-13(12)14(11-18)16(19)15-9-6-10-17(15,2)3/h4-5,7-8,14-16,19H,6,9-11,18H2,1-3H3. The fourth-order valence-corrected chi connectivity index (χ4v) is 3.72. The summed E-state index contributed by atoms with van der Waals surface area (Å²) in [6.07, 6.45) is 3.22. The quantitative estimate of drug-likeness (QED) is 0.874. The van der Waals surface area contributed by atoms with Gasteiger partial charge in [0.05, 0.1) is 6.10 Å². The largest absolute Gasteiger partial charge is 0.392 e. The van der Waals surface area contributed by atoms with E-state index in [1.165, 1.54) is 24.0 Å². The van der Waals surface area contributed by atoms with Gasteiger partial charge in [0, 0.05) is 12.5 Å². The third kappa shape index (κ3) is 2.85. The molecule has 0 aliphatic heterocycles. The van der Waals surface area contributed by atoms with Crippen LogP contribution in [0.1, 0.15) is 50.2 Å². The van der Waals surface area contributed by atoms with Crippen LogP contribution in [0, 0.1) is 18.3 Å². The molecule has 0 saturated heterocycles. The molecular formula is C17H27NO. The topological polar surface area (TPSA) is 46.2 Å². The molecule has 3 N–H and O–H groups in total. The van der Waals surface area contributed by atoms with Gasteiger partial charge in [0.2, 0.25) is 0 Å². The van der Waals surface area contributed by atoms with Crippen molar-refractivity contribution in [3.05, 3.63) is 35.4 Å². The number of aryl methyl sites for hydroxylation is 1. The Morgan fingerprint density at radius 2 is 2.05 bits per heavy atom. The summed E-state index contributed by atoms with van der Waals surface area (Å²) in [5.74, 6) is 0.421. The van der Waals surface area contributed by atoms with Gasteiger partial charge < -0.3 is 10.8 Å². The Kier molecular flexibility index (Phi) is 4.32. The van der Waals surface area contributed by atoms with E-state index in [1.54, 1.807) is 0 Å². The number of hydrogen-bond donors (Lipinski definition) is 2. The van der Waals surface area contributed by atoms with Crippen molar-refractivity contribution in [3.63, 3.8) is 0 Å². The highest BCUT2D eigenvalue weighted by molar-refractivity contribution is 5.30. The van der Waals surface area contributed by atoms with Crippen LogP contribution >= 0.6 is 0 Å². The molecule has 19 heavy (non-hydrogen) atoms. The first kappa shape index (κ1) is 14.5. The molecule has 2 nitrogen and oxygen atoms in total. The van der Waals surface area contributed by atoms with Crippen molar-refractivity contribution in [2.75, 3.05) is 6.54 Å². The molecule has 1 aliphatic rings. The minimum atomic E-state index is -0.330. The third-order valence-electron chi connectivity index (χ3n) is 5.01. The lowest BCUT2D eigenvalue weighted by Gasteiger charge is -2.35. The first-order valence-electron chi connectivity index (χ1n) is 7.41. The molecule has 0 aromatic heterocycles. The molecule has 2 rings (SSSR count). The molecular weight excluding hydrogens is 234 g/mol. The maximum Gasteiger partial charge on any atom is 0.0654 e.